The normalized spacial score (nSPS) is 21.3. The highest BCUT2D eigenvalue weighted by Crippen LogP contribution is 2.42. The van der Waals surface area contributed by atoms with Crippen LogP contribution in [-0.2, 0) is 27.0 Å². The molecule has 4 amide bonds. The SMILES string of the molecule is CC(C)(C)c1ccc(NC(=O)CN2C(=O)NC3(CCCc4sccc43)C2=O)cc1. The molecule has 1 aromatic heterocycles. The van der Waals surface area contributed by atoms with Gasteiger partial charge in [0.15, 0.2) is 0 Å². The minimum absolute atomic E-state index is 0.0252. The van der Waals surface area contributed by atoms with Crippen molar-refractivity contribution in [3.8, 4) is 0 Å². The van der Waals surface area contributed by atoms with Crippen molar-refractivity contribution >= 4 is 34.9 Å². The molecule has 1 unspecified atom stereocenters. The molecule has 1 aliphatic heterocycles. The van der Waals surface area contributed by atoms with Crippen molar-refractivity contribution in [1.82, 2.24) is 10.2 Å². The summed E-state index contributed by atoms with van der Waals surface area (Å²) < 4.78 is 0. The van der Waals surface area contributed by atoms with Gasteiger partial charge in [0.1, 0.15) is 12.1 Å². The molecule has 2 heterocycles. The molecule has 0 saturated carbocycles. The van der Waals surface area contributed by atoms with Crippen molar-refractivity contribution in [1.29, 1.82) is 0 Å². The molecule has 152 valence electrons. The van der Waals surface area contributed by atoms with Gasteiger partial charge in [0.05, 0.1) is 0 Å². The standard InChI is InChI=1S/C22H25N3O3S/c1-21(2,3)14-6-8-15(9-7-14)23-18(26)13-25-19(27)22(24-20(25)28)11-4-5-17-16(22)10-12-29-17/h6-10,12H,4-5,11,13H2,1-3H3,(H,23,26)(H,24,28). The number of fused-ring (bicyclic) bond motifs is 2. The van der Waals surface area contributed by atoms with Gasteiger partial charge in [-0.1, -0.05) is 32.9 Å². The number of benzene rings is 1. The molecule has 7 heteroatoms. The number of nitrogens with one attached hydrogen (secondary N) is 2. The van der Waals surface area contributed by atoms with Crippen LogP contribution in [0.15, 0.2) is 35.7 Å². The Labute approximate surface area is 174 Å². The second kappa shape index (κ2) is 6.99. The molecular formula is C22H25N3O3S. The van der Waals surface area contributed by atoms with Gasteiger partial charge in [-0.3, -0.25) is 14.5 Å². The molecule has 0 radical (unpaired) electrons. The highest BCUT2D eigenvalue weighted by Gasteiger charge is 2.54. The van der Waals surface area contributed by atoms with Crippen LogP contribution in [0.3, 0.4) is 0 Å². The Morgan fingerprint density at radius 2 is 1.93 bits per heavy atom. The smallest absolute Gasteiger partial charge is 0.325 e. The zero-order valence-electron chi connectivity index (χ0n) is 16.9. The Hall–Kier alpha value is -2.67. The highest BCUT2D eigenvalue weighted by atomic mass is 32.1. The third kappa shape index (κ3) is 3.44. The molecule has 1 aromatic carbocycles. The first-order valence-corrected chi connectivity index (χ1v) is 10.7. The first kappa shape index (κ1) is 19.6. The molecule has 29 heavy (non-hydrogen) atoms. The van der Waals surface area contributed by atoms with E-state index in [-0.39, 0.29) is 17.9 Å². The molecule has 2 aliphatic rings. The Morgan fingerprint density at radius 3 is 2.62 bits per heavy atom. The van der Waals surface area contributed by atoms with Gasteiger partial charge in [0, 0.05) is 16.1 Å². The largest absolute Gasteiger partial charge is 0.325 e. The first-order chi connectivity index (χ1) is 13.7. The lowest BCUT2D eigenvalue weighted by atomic mass is 9.80. The number of aryl methyl sites for hydroxylation is 1. The number of hydrogen-bond donors (Lipinski definition) is 2. The Morgan fingerprint density at radius 1 is 1.21 bits per heavy atom. The molecule has 1 spiro atoms. The van der Waals surface area contributed by atoms with Gasteiger partial charge in [0.2, 0.25) is 5.91 Å². The van der Waals surface area contributed by atoms with Crippen LogP contribution < -0.4 is 10.6 Å². The van der Waals surface area contributed by atoms with Gasteiger partial charge in [0.25, 0.3) is 5.91 Å². The summed E-state index contributed by atoms with van der Waals surface area (Å²) in [7, 11) is 0. The van der Waals surface area contributed by atoms with E-state index < -0.39 is 17.5 Å². The van der Waals surface area contributed by atoms with Crippen LogP contribution in [-0.4, -0.2) is 29.3 Å². The summed E-state index contributed by atoms with van der Waals surface area (Å²) in [6, 6.07) is 9.02. The van der Waals surface area contributed by atoms with Crippen LogP contribution in [0, 0.1) is 0 Å². The van der Waals surface area contributed by atoms with E-state index in [0.717, 1.165) is 33.7 Å². The van der Waals surface area contributed by atoms with E-state index in [2.05, 4.69) is 31.4 Å². The van der Waals surface area contributed by atoms with Crippen molar-refractivity contribution < 1.29 is 14.4 Å². The number of rotatable bonds is 3. The molecule has 0 bridgehead atoms. The van der Waals surface area contributed by atoms with Crippen LogP contribution >= 0.6 is 11.3 Å². The topological polar surface area (TPSA) is 78.5 Å². The maximum atomic E-state index is 13.2. The second-order valence-corrected chi connectivity index (χ2v) is 9.71. The van der Waals surface area contributed by atoms with Gasteiger partial charge in [-0.25, -0.2) is 4.79 Å². The van der Waals surface area contributed by atoms with Gasteiger partial charge in [-0.15, -0.1) is 11.3 Å². The van der Waals surface area contributed by atoms with Gasteiger partial charge in [-0.2, -0.15) is 0 Å². The fourth-order valence-electron chi connectivity index (χ4n) is 4.08. The Kier molecular flexibility index (Phi) is 4.73. The number of nitrogens with zero attached hydrogens (tertiary/aromatic N) is 1. The predicted molar refractivity (Wildman–Crippen MR) is 113 cm³/mol. The van der Waals surface area contributed by atoms with E-state index in [1.54, 1.807) is 11.3 Å². The third-order valence-electron chi connectivity index (χ3n) is 5.67. The molecule has 4 rings (SSSR count). The van der Waals surface area contributed by atoms with E-state index in [1.807, 2.05) is 35.7 Å². The molecule has 1 aliphatic carbocycles. The van der Waals surface area contributed by atoms with Crippen molar-refractivity contribution in [3.63, 3.8) is 0 Å². The predicted octanol–water partition coefficient (Wildman–Crippen LogP) is 3.77. The summed E-state index contributed by atoms with van der Waals surface area (Å²) in [6.45, 7) is 6.07. The minimum Gasteiger partial charge on any atom is -0.325 e. The number of hydrogen-bond acceptors (Lipinski definition) is 4. The first-order valence-electron chi connectivity index (χ1n) is 9.82. The summed E-state index contributed by atoms with van der Waals surface area (Å²) in [4.78, 5) is 40.4. The van der Waals surface area contributed by atoms with E-state index in [9.17, 15) is 14.4 Å². The number of thiophene rings is 1. The second-order valence-electron chi connectivity index (χ2n) is 8.71. The van der Waals surface area contributed by atoms with Crippen LogP contribution in [0.4, 0.5) is 10.5 Å². The number of carbonyl (C=O) groups excluding carboxylic acids is 3. The van der Waals surface area contributed by atoms with Crippen LogP contribution in [0.1, 0.15) is 49.6 Å². The van der Waals surface area contributed by atoms with E-state index in [4.69, 9.17) is 0 Å². The maximum Gasteiger partial charge on any atom is 0.325 e. The van der Waals surface area contributed by atoms with Crippen LogP contribution in [0.2, 0.25) is 0 Å². The number of carbonyl (C=O) groups is 3. The highest BCUT2D eigenvalue weighted by molar-refractivity contribution is 7.10. The van der Waals surface area contributed by atoms with Crippen molar-refractivity contribution in [3.05, 3.63) is 51.7 Å². The molecule has 1 fully saturated rings. The molecule has 1 atom stereocenters. The lowest BCUT2D eigenvalue weighted by Gasteiger charge is -2.31. The van der Waals surface area contributed by atoms with Crippen LogP contribution in [0.25, 0.3) is 0 Å². The zero-order valence-corrected chi connectivity index (χ0v) is 17.7. The third-order valence-corrected chi connectivity index (χ3v) is 6.65. The fourth-order valence-corrected chi connectivity index (χ4v) is 5.08. The molecule has 2 N–H and O–H groups in total. The summed E-state index contributed by atoms with van der Waals surface area (Å²) in [5, 5.41) is 7.60. The molecular weight excluding hydrogens is 386 g/mol. The quantitative estimate of drug-likeness (QED) is 0.755. The van der Waals surface area contributed by atoms with E-state index in [0.29, 0.717) is 12.1 Å². The van der Waals surface area contributed by atoms with E-state index in [1.165, 1.54) is 0 Å². The molecule has 2 aromatic rings. The number of anilines is 1. The monoisotopic (exact) mass is 411 g/mol. The minimum atomic E-state index is -1.01. The van der Waals surface area contributed by atoms with Crippen LogP contribution in [0.5, 0.6) is 0 Å². The number of imide groups is 1. The van der Waals surface area contributed by atoms with Crippen molar-refractivity contribution in [2.24, 2.45) is 0 Å². The van der Waals surface area contributed by atoms with Gasteiger partial charge < -0.3 is 10.6 Å². The summed E-state index contributed by atoms with van der Waals surface area (Å²) >= 11 is 1.61. The van der Waals surface area contributed by atoms with E-state index >= 15 is 0 Å². The van der Waals surface area contributed by atoms with Gasteiger partial charge >= 0.3 is 6.03 Å². The number of urea groups is 1. The maximum absolute atomic E-state index is 13.2. The number of amides is 4. The lowest BCUT2D eigenvalue weighted by molar-refractivity contribution is -0.134. The van der Waals surface area contributed by atoms with Gasteiger partial charge in [-0.05, 0) is 53.8 Å². The van der Waals surface area contributed by atoms with Crippen molar-refractivity contribution in [2.75, 3.05) is 11.9 Å². The Balaban J connectivity index is 1.47. The van der Waals surface area contributed by atoms with Crippen molar-refractivity contribution in [2.45, 2.75) is 51.0 Å². The fraction of sp³-hybridized carbons (Fsp3) is 0.409. The average Bonchev–Trinajstić information content (AvgIpc) is 3.22. The summed E-state index contributed by atoms with van der Waals surface area (Å²) in [6.07, 6.45) is 2.32. The molecule has 1 saturated heterocycles. The Bertz CT molecular complexity index is 974. The lowest BCUT2D eigenvalue weighted by Crippen LogP contribution is -2.46. The summed E-state index contributed by atoms with van der Waals surface area (Å²) in [5.74, 6) is -0.726. The molecule has 6 nitrogen and oxygen atoms in total. The average molecular weight is 412 g/mol. The zero-order chi connectivity index (χ0) is 20.8. The summed E-state index contributed by atoms with van der Waals surface area (Å²) in [5.41, 5.74) is 1.70.